The Bertz CT molecular complexity index is 537. The first-order valence-electron chi connectivity index (χ1n) is 6.91. The summed E-state index contributed by atoms with van der Waals surface area (Å²) in [6.45, 7) is 0.525. The van der Waals surface area contributed by atoms with Crippen LogP contribution in [0.25, 0.3) is 0 Å². The molecule has 0 saturated heterocycles. The fourth-order valence-electron chi connectivity index (χ4n) is 2.38. The number of benzene rings is 1. The van der Waals surface area contributed by atoms with E-state index in [-0.39, 0.29) is 17.7 Å². The predicted molar refractivity (Wildman–Crippen MR) is 78.0 cm³/mol. The zero-order valence-corrected chi connectivity index (χ0v) is 12.2. The molecule has 0 spiro atoms. The predicted octanol–water partition coefficient (Wildman–Crippen LogP) is 1.28. The molecule has 1 fully saturated rings. The molecule has 5 nitrogen and oxygen atoms in total. The molecule has 6 heteroatoms. The number of nitrogens with one attached hydrogen (secondary N) is 2. The van der Waals surface area contributed by atoms with Crippen LogP contribution < -0.4 is 10.0 Å². The van der Waals surface area contributed by atoms with Gasteiger partial charge >= 0.3 is 0 Å². The van der Waals surface area contributed by atoms with E-state index < -0.39 is 10.0 Å². The number of sulfonamides is 1. The van der Waals surface area contributed by atoms with E-state index in [0.29, 0.717) is 12.1 Å². The number of hydrogen-bond acceptors (Lipinski definition) is 3. The Labute approximate surface area is 119 Å². The molecular weight excluding hydrogens is 276 g/mol. The number of hydrogen-bond donors (Lipinski definition) is 2. The Morgan fingerprint density at radius 2 is 1.75 bits per heavy atom. The fourth-order valence-corrected chi connectivity index (χ4v) is 3.95. The van der Waals surface area contributed by atoms with Crippen molar-refractivity contribution < 1.29 is 13.2 Å². The van der Waals surface area contributed by atoms with E-state index in [9.17, 15) is 13.2 Å². The van der Waals surface area contributed by atoms with Crippen LogP contribution in [0.4, 0.5) is 0 Å². The van der Waals surface area contributed by atoms with E-state index in [1.807, 2.05) is 6.07 Å². The first-order valence-corrected chi connectivity index (χ1v) is 8.46. The lowest BCUT2D eigenvalue weighted by atomic mass is 10.2. The third-order valence-corrected chi connectivity index (χ3v) is 5.45. The molecule has 0 bridgehead atoms. The Balaban J connectivity index is 1.72. The average molecular weight is 296 g/mol. The van der Waals surface area contributed by atoms with Gasteiger partial charge in [0.15, 0.2) is 0 Å². The van der Waals surface area contributed by atoms with Crippen molar-refractivity contribution in [2.45, 2.75) is 30.9 Å². The summed E-state index contributed by atoms with van der Waals surface area (Å²) in [4.78, 5) is 11.7. The Hall–Kier alpha value is -1.40. The van der Waals surface area contributed by atoms with E-state index in [4.69, 9.17) is 0 Å². The highest BCUT2D eigenvalue weighted by Gasteiger charge is 2.27. The summed E-state index contributed by atoms with van der Waals surface area (Å²) in [5, 5.41) is 2.44. The summed E-state index contributed by atoms with van der Waals surface area (Å²) in [5.74, 6) is -0.189. The second kappa shape index (κ2) is 6.85. The normalized spacial score (nSPS) is 16.2. The molecule has 1 amide bonds. The summed E-state index contributed by atoms with van der Waals surface area (Å²) in [6, 6.07) is 8.86. The van der Waals surface area contributed by atoms with Crippen molar-refractivity contribution in [3.8, 4) is 0 Å². The summed E-state index contributed by atoms with van der Waals surface area (Å²) in [6.07, 6.45) is 3.45. The Kier molecular flexibility index (Phi) is 5.14. The van der Waals surface area contributed by atoms with Gasteiger partial charge in [0, 0.05) is 18.7 Å². The van der Waals surface area contributed by atoms with E-state index >= 15 is 0 Å². The smallest absolute Gasteiger partial charge is 0.251 e. The molecule has 1 aliphatic rings. The Morgan fingerprint density at radius 3 is 2.40 bits per heavy atom. The number of carbonyl (C=O) groups excluding carboxylic acids is 1. The minimum atomic E-state index is -3.22. The van der Waals surface area contributed by atoms with Gasteiger partial charge in [-0.15, -0.1) is 0 Å². The molecule has 0 unspecified atom stereocenters. The van der Waals surface area contributed by atoms with Crippen LogP contribution in [0.1, 0.15) is 36.0 Å². The second-order valence-corrected chi connectivity index (χ2v) is 7.01. The van der Waals surface area contributed by atoms with Gasteiger partial charge < -0.3 is 5.32 Å². The highest BCUT2D eigenvalue weighted by Crippen LogP contribution is 2.23. The molecule has 0 heterocycles. The number of carbonyl (C=O) groups is 1. The molecular formula is C14H20N2O3S. The molecule has 1 aromatic rings. The van der Waals surface area contributed by atoms with Crippen molar-refractivity contribution in [2.24, 2.45) is 0 Å². The zero-order valence-electron chi connectivity index (χ0n) is 11.3. The summed E-state index contributed by atoms with van der Waals surface area (Å²) in [7, 11) is -3.22. The average Bonchev–Trinajstić information content (AvgIpc) is 2.99. The zero-order chi connectivity index (χ0) is 14.4. The molecule has 2 rings (SSSR count). The molecule has 1 aliphatic carbocycles. The maximum Gasteiger partial charge on any atom is 0.251 e. The molecule has 110 valence electrons. The van der Waals surface area contributed by atoms with E-state index in [1.54, 1.807) is 24.3 Å². The van der Waals surface area contributed by atoms with Crippen LogP contribution >= 0.6 is 0 Å². The first-order chi connectivity index (χ1) is 9.59. The van der Waals surface area contributed by atoms with Crippen molar-refractivity contribution in [2.75, 3.05) is 13.1 Å². The minimum Gasteiger partial charge on any atom is -0.351 e. The number of amides is 1. The van der Waals surface area contributed by atoms with Crippen LogP contribution in [0, 0.1) is 0 Å². The van der Waals surface area contributed by atoms with E-state index in [2.05, 4.69) is 10.0 Å². The van der Waals surface area contributed by atoms with Crippen molar-refractivity contribution in [3.63, 3.8) is 0 Å². The van der Waals surface area contributed by atoms with Gasteiger partial charge in [-0.3, -0.25) is 4.79 Å². The van der Waals surface area contributed by atoms with Gasteiger partial charge in [-0.1, -0.05) is 31.0 Å². The summed E-state index contributed by atoms with van der Waals surface area (Å²) in [5.41, 5.74) is 0.575. The molecule has 1 saturated carbocycles. The maximum atomic E-state index is 11.9. The maximum absolute atomic E-state index is 11.9. The van der Waals surface area contributed by atoms with Gasteiger partial charge in [0.1, 0.15) is 0 Å². The van der Waals surface area contributed by atoms with Crippen molar-refractivity contribution in [3.05, 3.63) is 35.9 Å². The van der Waals surface area contributed by atoms with Crippen LogP contribution in [0.15, 0.2) is 30.3 Å². The minimum absolute atomic E-state index is 0.189. The molecule has 0 atom stereocenters. The topological polar surface area (TPSA) is 75.3 Å². The third kappa shape index (κ3) is 4.05. The Morgan fingerprint density at radius 1 is 1.10 bits per heavy atom. The van der Waals surface area contributed by atoms with Gasteiger partial charge in [-0.25, -0.2) is 13.1 Å². The highest BCUT2D eigenvalue weighted by atomic mass is 32.2. The van der Waals surface area contributed by atoms with Crippen LogP contribution in [0.2, 0.25) is 0 Å². The molecule has 0 aliphatic heterocycles. The van der Waals surface area contributed by atoms with Gasteiger partial charge in [-0.2, -0.15) is 0 Å². The molecule has 0 radical (unpaired) electrons. The van der Waals surface area contributed by atoms with Crippen molar-refractivity contribution in [1.29, 1.82) is 0 Å². The van der Waals surface area contributed by atoms with Crippen LogP contribution in [0.5, 0.6) is 0 Å². The van der Waals surface area contributed by atoms with E-state index in [0.717, 1.165) is 25.7 Å². The molecule has 0 aromatic heterocycles. The quantitative estimate of drug-likeness (QED) is 0.776. The third-order valence-electron chi connectivity index (χ3n) is 3.49. The lowest BCUT2D eigenvalue weighted by Crippen LogP contribution is -2.38. The second-order valence-electron chi connectivity index (χ2n) is 4.97. The monoisotopic (exact) mass is 296 g/mol. The summed E-state index contributed by atoms with van der Waals surface area (Å²) >= 11 is 0. The van der Waals surface area contributed by atoms with Crippen LogP contribution in [0.3, 0.4) is 0 Å². The standard InChI is InChI=1S/C14H20N2O3S/c17-14(12-6-2-1-3-7-12)15-10-11-16-20(18,19)13-8-4-5-9-13/h1-3,6-7,13,16H,4-5,8-11H2,(H,15,17). The van der Waals surface area contributed by atoms with Crippen LogP contribution in [-0.2, 0) is 10.0 Å². The largest absolute Gasteiger partial charge is 0.351 e. The van der Waals surface area contributed by atoms with E-state index in [1.165, 1.54) is 0 Å². The fraction of sp³-hybridized carbons (Fsp3) is 0.500. The van der Waals surface area contributed by atoms with Gasteiger partial charge in [0.25, 0.3) is 5.91 Å². The SMILES string of the molecule is O=C(NCCNS(=O)(=O)C1CCCC1)c1ccccc1. The molecule has 1 aromatic carbocycles. The molecule has 20 heavy (non-hydrogen) atoms. The summed E-state index contributed by atoms with van der Waals surface area (Å²) < 4.78 is 26.4. The molecule has 2 N–H and O–H groups in total. The lowest BCUT2D eigenvalue weighted by Gasteiger charge is -2.12. The van der Waals surface area contributed by atoms with Crippen molar-refractivity contribution >= 4 is 15.9 Å². The van der Waals surface area contributed by atoms with Crippen LogP contribution in [-0.4, -0.2) is 32.7 Å². The highest BCUT2D eigenvalue weighted by molar-refractivity contribution is 7.90. The van der Waals surface area contributed by atoms with Gasteiger partial charge in [0.05, 0.1) is 5.25 Å². The lowest BCUT2D eigenvalue weighted by molar-refractivity contribution is 0.0954. The van der Waals surface area contributed by atoms with Crippen molar-refractivity contribution in [1.82, 2.24) is 10.0 Å². The number of rotatable bonds is 6. The first kappa shape index (κ1) is 15.0. The van der Waals surface area contributed by atoms with Gasteiger partial charge in [0.2, 0.25) is 10.0 Å². The van der Waals surface area contributed by atoms with Gasteiger partial charge in [-0.05, 0) is 25.0 Å².